The molecule has 8 heavy (non-hydrogen) atoms. The van der Waals surface area contributed by atoms with Gasteiger partial charge in [0, 0.05) is 6.42 Å². The van der Waals surface area contributed by atoms with Crippen molar-refractivity contribution in [2.45, 2.75) is 13.3 Å². The Kier molecular flexibility index (Phi) is 13.5. The van der Waals surface area contributed by atoms with Crippen molar-refractivity contribution in [2.75, 3.05) is 13.3 Å². The summed E-state index contributed by atoms with van der Waals surface area (Å²) in [5.74, 6) is -0.245. The van der Waals surface area contributed by atoms with Crippen LogP contribution in [0.2, 0.25) is 0 Å². The normalized spacial score (nSPS) is 6.88. The fourth-order valence-corrected chi connectivity index (χ4v) is 0. The third-order valence-electron chi connectivity index (χ3n) is 0.348. The largest absolute Gasteiger partial charge is 0.370 e. The minimum Gasteiger partial charge on any atom is -0.370 e. The molecule has 0 fully saturated rings. The van der Waals surface area contributed by atoms with E-state index in [-0.39, 0.29) is 5.91 Å². The van der Waals surface area contributed by atoms with E-state index in [2.05, 4.69) is 19.1 Å². The molecule has 2 N–H and O–H groups in total. The van der Waals surface area contributed by atoms with Crippen LogP contribution in [0.1, 0.15) is 13.3 Å². The Hall–Kier alpha value is -0.100. The summed E-state index contributed by atoms with van der Waals surface area (Å²) in [5.41, 5.74) is 4.65. The monoisotopic (exact) mass is 135 g/mol. The maximum absolute atomic E-state index is 9.59. The molecule has 0 spiro atoms. The van der Waals surface area contributed by atoms with Gasteiger partial charge in [-0.15, -0.1) is 8.58 Å². The number of carbonyl (C=O) groups excluding carboxylic acids is 1. The SMILES string of the molecule is CCC(N)=O.CPC. The zero-order valence-corrected chi connectivity index (χ0v) is 6.69. The van der Waals surface area contributed by atoms with Crippen LogP contribution < -0.4 is 5.73 Å². The molecule has 1 amide bonds. The zero-order chi connectivity index (χ0) is 6.99. The van der Waals surface area contributed by atoms with Gasteiger partial charge in [-0.05, 0) is 13.3 Å². The molecule has 3 heteroatoms. The number of rotatable bonds is 1. The minimum absolute atomic E-state index is 0.245. The van der Waals surface area contributed by atoms with E-state index >= 15 is 0 Å². The molecule has 0 atom stereocenters. The van der Waals surface area contributed by atoms with Gasteiger partial charge < -0.3 is 5.73 Å². The first-order chi connectivity index (χ1) is 3.68. The van der Waals surface area contributed by atoms with Crippen molar-refractivity contribution in [1.82, 2.24) is 0 Å². The number of hydrogen-bond donors (Lipinski definition) is 1. The van der Waals surface area contributed by atoms with Crippen LogP contribution >= 0.6 is 8.58 Å². The van der Waals surface area contributed by atoms with Gasteiger partial charge in [-0.25, -0.2) is 0 Å². The summed E-state index contributed by atoms with van der Waals surface area (Å²) in [6, 6.07) is 0. The molecule has 0 aromatic heterocycles. The van der Waals surface area contributed by atoms with E-state index in [1.54, 1.807) is 6.92 Å². The molecule has 50 valence electrons. The standard InChI is InChI=1S/C3H7NO.C2H7P/c1-2-3(4)5;1-3-2/h2H2,1H3,(H2,4,5);3H,1-2H3. The van der Waals surface area contributed by atoms with Crippen LogP contribution in [0.25, 0.3) is 0 Å². The molecule has 0 aliphatic rings. The highest BCUT2D eigenvalue weighted by Gasteiger charge is 1.77. The van der Waals surface area contributed by atoms with E-state index in [9.17, 15) is 4.79 Å². The molecule has 0 saturated carbocycles. The molecular weight excluding hydrogens is 121 g/mol. The summed E-state index contributed by atoms with van der Waals surface area (Å²) in [6.45, 7) is 6.03. The smallest absolute Gasteiger partial charge is 0.217 e. The van der Waals surface area contributed by atoms with Crippen LogP contribution in [0.15, 0.2) is 0 Å². The lowest BCUT2D eigenvalue weighted by atomic mass is 10.5. The van der Waals surface area contributed by atoms with Crippen LogP contribution in [0.4, 0.5) is 0 Å². The number of amides is 1. The minimum atomic E-state index is -0.245. The van der Waals surface area contributed by atoms with E-state index in [4.69, 9.17) is 0 Å². The first-order valence-electron chi connectivity index (χ1n) is 2.55. The summed E-state index contributed by atoms with van der Waals surface area (Å²) in [5, 5.41) is 0. The Balaban J connectivity index is 0. The van der Waals surface area contributed by atoms with Crippen LogP contribution in [-0.4, -0.2) is 19.2 Å². The first-order valence-corrected chi connectivity index (χ1v) is 4.55. The highest BCUT2D eigenvalue weighted by molar-refractivity contribution is 7.35. The first kappa shape index (κ1) is 10.8. The van der Waals surface area contributed by atoms with E-state index in [0.717, 1.165) is 8.58 Å². The molecule has 0 aromatic rings. The Morgan fingerprint density at radius 1 is 1.62 bits per heavy atom. The predicted octanol–water partition coefficient (Wildman–Crippen LogP) is 0.806. The third kappa shape index (κ3) is 39.2. The summed E-state index contributed by atoms with van der Waals surface area (Å²) < 4.78 is 0. The van der Waals surface area contributed by atoms with Crippen LogP contribution in [-0.2, 0) is 4.79 Å². The lowest BCUT2D eigenvalue weighted by Crippen LogP contribution is -2.06. The lowest BCUT2D eigenvalue weighted by molar-refractivity contribution is -0.117. The maximum Gasteiger partial charge on any atom is 0.217 e. The second-order valence-corrected chi connectivity index (χ2v) is 2.32. The van der Waals surface area contributed by atoms with Gasteiger partial charge in [-0.2, -0.15) is 0 Å². The van der Waals surface area contributed by atoms with Crippen molar-refractivity contribution >= 4 is 14.5 Å². The molecule has 0 saturated heterocycles. The van der Waals surface area contributed by atoms with Gasteiger partial charge in [0.05, 0.1) is 0 Å². The predicted molar refractivity (Wildman–Crippen MR) is 39.6 cm³/mol. The third-order valence-corrected chi connectivity index (χ3v) is 0.348. The number of nitrogens with two attached hydrogens (primary N) is 1. The number of primary amides is 1. The zero-order valence-electron chi connectivity index (χ0n) is 5.69. The summed E-state index contributed by atoms with van der Waals surface area (Å²) in [4.78, 5) is 9.59. The molecule has 0 radical (unpaired) electrons. The average molecular weight is 135 g/mol. The molecule has 0 aromatic carbocycles. The van der Waals surface area contributed by atoms with Crippen LogP contribution in [0.5, 0.6) is 0 Å². The molecule has 0 heterocycles. The molecule has 0 aliphatic heterocycles. The van der Waals surface area contributed by atoms with Gasteiger partial charge in [0.15, 0.2) is 0 Å². The van der Waals surface area contributed by atoms with Gasteiger partial charge in [0.1, 0.15) is 0 Å². The fraction of sp³-hybridized carbons (Fsp3) is 0.800. The van der Waals surface area contributed by atoms with Crippen molar-refractivity contribution < 1.29 is 4.79 Å². The van der Waals surface area contributed by atoms with E-state index in [1.165, 1.54) is 0 Å². The highest BCUT2D eigenvalue weighted by Crippen LogP contribution is 1.84. The van der Waals surface area contributed by atoms with E-state index < -0.39 is 0 Å². The second kappa shape index (κ2) is 10.0. The summed E-state index contributed by atoms with van der Waals surface area (Å²) in [6.07, 6.45) is 0.444. The summed E-state index contributed by atoms with van der Waals surface area (Å²) in [7, 11) is 1.08. The maximum atomic E-state index is 9.59. The van der Waals surface area contributed by atoms with E-state index in [1.807, 2.05) is 0 Å². The van der Waals surface area contributed by atoms with Gasteiger partial charge in [0.25, 0.3) is 0 Å². The van der Waals surface area contributed by atoms with Crippen molar-refractivity contribution in [3.8, 4) is 0 Å². The quantitative estimate of drug-likeness (QED) is 0.531. The fourth-order valence-electron chi connectivity index (χ4n) is 0. The molecule has 0 unspecified atom stereocenters. The topological polar surface area (TPSA) is 43.1 Å². The van der Waals surface area contributed by atoms with Gasteiger partial charge in [-0.3, -0.25) is 4.79 Å². The molecule has 0 rings (SSSR count). The van der Waals surface area contributed by atoms with Crippen LogP contribution in [0, 0.1) is 0 Å². The van der Waals surface area contributed by atoms with Gasteiger partial charge in [-0.1, -0.05) is 6.92 Å². The average Bonchev–Trinajstić information content (AvgIpc) is 1.69. The van der Waals surface area contributed by atoms with Crippen molar-refractivity contribution in [2.24, 2.45) is 5.73 Å². The lowest BCUT2D eigenvalue weighted by Gasteiger charge is -1.73. The van der Waals surface area contributed by atoms with E-state index in [0.29, 0.717) is 6.42 Å². The molecule has 0 bridgehead atoms. The van der Waals surface area contributed by atoms with Crippen molar-refractivity contribution in [3.63, 3.8) is 0 Å². The Morgan fingerprint density at radius 3 is 1.75 bits per heavy atom. The van der Waals surface area contributed by atoms with Crippen molar-refractivity contribution in [3.05, 3.63) is 0 Å². The second-order valence-electron chi connectivity index (χ2n) is 1.32. The van der Waals surface area contributed by atoms with Gasteiger partial charge >= 0.3 is 0 Å². The molecular formula is C5H14NOP. The van der Waals surface area contributed by atoms with Crippen LogP contribution in [0.3, 0.4) is 0 Å². The van der Waals surface area contributed by atoms with Gasteiger partial charge in [0.2, 0.25) is 5.91 Å². The Labute approximate surface area is 52.6 Å². The van der Waals surface area contributed by atoms with Crippen molar-refractivity contribution in [1.29, 1.82) is 0 Å². The summed E-state index contributed by atoms with van der Waals surface area (Å²) >= 11 is 0. The molecule has 2 nitrogen and oxygen atoms in total. The Bertz CT molecular complexity index is 56.4. The number of carbonyl (C=O) groups is 1. The number of hydrogen-bond acceptors (Lipinski definition) is 1. The Morgan fingerprint density at radius 2 is 1.75 bits per heavy atom. The highest BCUT2D eigenvalue weighted by atomic mass is 31.1. The molecule has 0 aliphatic carbocycles.